The monoisotopic (exact) mass is 353 g/mol. The minimum absolute atomic E-state index is 0.234. The Bertz CT molecular complexity index is 576. The van der Waals surface area contributed by atoms with Crippen molar-refractivity contribution in [2.45, 2.75) is 32.9 Å². The van der Waals surface area contributed by atoms with Gasteiger partial charge in [-0.3, -0.25) is 0 Å². The normalized spacial score (nSPS) is 15.8. The Balaban J connectivity index is 2.05. The molecule has 0 radical (unpaired) electrons. The predicted octanol–water partition coefficient (Wildman–Crippen LogP) is 3.46. The van der Waals surface area contributed by atoms with Crippen LogP contribution in [0.5, 0.6) is 0 Å². The van der Waals surface area contributed by atoms with E-state index in [2.05, 4.69) is 15.9 Å². The molecule has 5 nitrogen and oxygen atoms in total. The summed E-state index contributed by atoms with van der Waals surface area (Å²) < 4.78 is 5.45. The Morgan fingerprint density at radius 1 is 1.21 bits per heavy atom. The number of carbonyl (C=O) groups is 1. The van der Waals surface area contributed by atoms with E-state index in [1.165, 1.54) is 0 Å². The van der Waals surface area contributed by atoms with Crippen molar-refractivity contribution in [1.29, 1.82) is 0 Å². The van der Waals surface area contributed by atoms with Crippen LogP contribution >= 0.6 is 11.6 Å². The average molecular weight is 354 g/mol. The van der Waals surface area contributed by atoms with Gasteiger partial charge < -0.3 is 19.4 Å². The molecule has 0 saturated carbocycles. The molecule has 6 heteroatoms. The molecular formula is C18H28ClN3O2. The third-order valence-electron chi connectivity index (χ3n) is 3.84. The highest BCUT2D eigenvalue weighted by Gasteiger charge is 2.27. The molecule has 1 heterocycles. The van der Waals surface area contributed by atoms with E-state index >= 15 is 0 Å². The first-order valence-corrected chi connectivity index (χ1v) is 8.70. The molecule has 1 amide bonds. The van der Waals surface area contributed by atoms with Crippen LogP contribution in [-0.2, 0) is 11.3 Å². The second-order valence-corrected chi connectivity index (χ2v) is 7.84. The summed E-state index contributed by atoms with van der Waals surface area (Å²) in [5.74, 6) is 0. The summed E-state index contributed by atoms with van der Waals surface area (Å²) in [6, 6.07) is 6.02. The maximum absolute atomic E-state index is 12.2. The number of halogens is 1. The van der Waals surface area contributed by atoms with E-state index in [1.807, 2.05) is 47.0 Å². The van der Waals surface area contributed by atoms with Gasteiger partial charge in [-0.25, -0.2) is 4.79 Å². The lowest BCUT2D eigenvalue weighted by Crippen LogP contribution is -2.50. The van der Waals surface area contributed by atoms with Crippen LogP contribution in [0.2, 0.25) is 5.02 Å². The number of piperazine rings is 1. The van der Waals surface area contributed by atoms with Crippen LogP contribution in [0.1, 0.15) is 26.3 Å². The van der Waals surface area contributed by atoms with Crippen molar-refractivity contribution in [2.24, 2.45) is 0 Å². The summed E-state index contributed by atoms with van der Waals surface area (Å²) in [5.41, 5.74) is 1.83. The summed E-state index contributed by atoms with van der Waals surface area (Å²) in [5, 5.41) is 0.788. The predicted molar refractivity (Wildman–Crippen MR) is 98.9 cm³/mol. The van der Waals surface area contributed by atoms with Crippen molar-refractivity contribution in [3.05, 3.63) is 28.8 Å². The maximum Gasteiger partial charge on any atom is 0.410 e. The van der Waals surface area contributed by atoms with Crippen LogP contribution in [0.15, 0.2) is 18.2 Å². The molecule has 1 aromatic carbocycles. The first-order valence-electron chi connectivity index (χ1n) is 8.32. The first kappa shape index (κ1) is 18.9. The third kappa shape index (κ3) is 5.02. The smallest absolute Gasteiger partial charge is 0.410 e. The maximum atomic E-state index is 12.2. The minimum Gasteiger partial charge on any atom is -0.444 e. The van der Waals surface area contributed by atoms with Gasteiger partial charge in [-0.2, -0.15) is 0 Å². The van der Waals surface area contributed by atoms with Crippen LogP contribution in [0, 0.1) is 0 Å². The minimum atomic E-state index is -0.458. The van der Waals surface area contributed by atoms with Gasteiger partial charge in [0.15, 0.2) is 0 Å². The van der Waals surface area contributed by atoms with Crippen LogP contribution in [0.25, 0.3) is 0 Å². The summed E-state index contributed by atoms with van der Waals surface area (Å²) in [7, 11) is 4.07. The van der Waals surface area contributed by atoms with Crippen molar-refractivity contribution in [1.82, 2.24) is 9.80 Å². The first-order chi connectivity index (χ1) is 11.2. The van der Waals surface area contributed by atoms with Gasteiger partial charge in [0.2, 0.25) is 0 Å². The highest BCUT2D eigenvalue weighted by Crippen LogP contribution is 2.29. The SMILES string of the molecule is CN(C)Cc1c(Cl)cccc1N1CCN(C(=O)OC(C)(C)C)CC1. The topological polar surface area (TPSA) is 36.0 Å². The van der Waals surface area contributed by atoms with Gasteiger partial charge in [-0.05, 0) is 47.0 Å². The number of nitrogens with zero attached hydrogens (tertiary/aromatic N) is 3. The Morgan fingerprint density at radius 3 is 2.38 bits per heavy atom. The number of amides is 1. The molecule has 0 N–H and O–H groups in total. The van der Waals surface area contributed by atoms with Crippen LogP contribution < -0.4 is 4.90 Å². The fraction of sp³-hybridized carbons (Fsp3) is 0.611. The Hall–Kier alpha value is -1.46. The molecule has 2 rings (SSSR count). The molecule has 1 aromatic rings. The van der Waals surface area contributed by atoms with Gasteiger partial charge in [0, 0.05) is 49.0 Å². The van der Waals surface area contributed by atoms with Crippen molar-refractivity contribution in [2.75, 3.05) is 45.2 Å². The fourth-order valence-corrected chi connectivity index (χ4v) is 3.00. The van der Waals surface area contributed by atoms with E-state index in [4.69, 9.17) is 16.3 Å². The number of benzene rings is 1. The number of rotatable bonds is 3. The number of anilines is 1. The lowest BCUT2D eigenvalue weighted by atomic mass is 10.1. The average Bonchev–Trinajstić information content (AvgIpc) is 2.47. The van der Waals surface area contributed by atoms with Gasteiger partial charge >= 0.3 is 6.09 Å². The highest BCUT2D eigenvalue weighted by molar-refractivity contribution is 6.31. The molecule has 1 aliphatic heterocycles. The summed E-state index contributed by atoms with van der Waals surface area (Å²) in [6.07, 6.45) is -0.234. The van der Waals surface area contributed by atoms with Crippen molar-refractivity contribution in [3.8, 4) is 0 Å². The molecule has 0 bridgehead atoms. The third-order valence-corrected chi connectivity index (χ3v) is 4.19. The molecular weight excluding hydrogens is 326 g/mol. The Labute approximate surface area is 150 Å². The number of hydrogen-bond acceptors (Lipinski definition) is 4. The van der Waals surface area contributed by atoms with E-state index in [0.717, 1.165) is 35.9 Å². The van der Waals surface area contributed by atoms with Crippen molar-refractivity contribution < 1.29 is 9.53 Å². The number of carbonyl (C=O) groups excluding carboxylic acids is 1. The number of ether oxygens (including phenoxy) is 1. The summed E-state index contributed by atoms with van der Waals surface area (Å²) in [6.45, 7) is 9.33. The molecule has 0 atom stereocenters. The van der Waals surface area contributed by atoms with Gasteiger partial charge in [0.25, 0.3) is 0 Å². The lowest BCUT2D eigenvalue weighted by Gasteiger charge is -2.37. The molecule has 1 saturated heterocycles. The quantitative estimate of drug-likeness (QED) is 0.833. The molecule has 1 fully saturated rings. The van der Waals surface area contributed by atoms with E-state index in [-0.39, 0.29) is 6.09 Å². The molecule has 0 aliphatic carbocycles. The molecule has 0 aromatic heterocycles. The zero-order chi connectivity index (χ0) is 17.9. The molecule has 0 unspecified atom stereocenters. The second-order valence-electron chi connectivity index (χ2n) is 7.43. The molecule has 1 aliphatic rings. The van der Waals surface area contributed by atoms with Gasteiger partial charge in [-0.1, -0.05) is 17.7 Å². The lowest BCUT2D eigenvalue weighted by molar-refractivity contribution is 0.0240. The fourth-order valence-electron chi connectivity index (χ4n) is 2.77. The Kier molecular flexibility index (Phi) is 5.99. The summed E-state index contributed by atoms with van der Waals surface area (Å²) in [4.78, 5) is 18.4. The largest absolute Gasteiger partial charge is 0.444 e. The summed E-state index contributed by atoms with van der Waals surface area (Å²) >= 11 is 6.41. The molecule has 24 heavy (non-hydrogen) atoms. The van der Waals surface area contributed by atoms with E-state index < -0.39 is 5.60 Å². The molecule has 134 valence electrons. The van der Waals surface area contributed by atoms with Crippen molar-refractivity contribution in [3.63, 3.8) is 0 Å². The van der Waals surface area contributed by atoms with E-state index in [1.54, 1.807) is 4.90 Å². The van der Waals surface area contributed by atoms with Gasteiger partial charge in [-0.15, -0.1) is 0 Å². The zero-order valence-electron chi connectivity index (χ0n) is 15.3. The highest BCUT2D eigenvalue weighted by atomic mass is 35.5. The van der Waals surface area contributed by atoms with E-state index in [9.17, 15) is 4.79 Å². The van der Waals surface area contributed by atoms with Gasteiger partial charge in [0.05, 0.1) is 0 Å². The van der Waals surface area contributed by atoms with Crippen LogP contribution in [0.4, 0.5) is 10.5 Å². The van der Waals surface area contributed by atoms with Gasteiger partial charge in [0.1, 0.15) is 5.60 Å². The zero-order valence-corrected chi connectivity index (χ0v) is 16.1. The van der Waals surface area contributed by atoms with E-state index in [0.29, 0.717) is 13.1 Å². The second kappa shape index (κ2) is 7.62. The van der Waals surface area contributed by atoms with Crippen LogP contribution in [0.3, 0.4) is 0 Å². The standard InChI is InChI=1S/C18H28ClN3O2/c1-18(2,3)24-17(23)22-11-9-21(10-12-22)16-8-6-7-15(19)14(16)13-20(4)5/h6-8H,9-13H2,1-5H3. The molecule has 0 spiro atoms. The Morgan fingerprint density at radius 2 is 1.83 bits per heavy atom. The number of hydrogen-bond donors (Lipinski definition) is 0. The van der Waals surface area contributed by atoms with Crippen LogP contribution in [-0.4, -0.2) is 61.8 Å². The van der Waals surface area contributed by atoms with Crippen molar-refractivity contribution >= 4 is 23.4 Å².